The number of thiazole rings is 1. The van der Waals surface area contributed by atoms with Crippen molar-refractivity contribution in [2.24, 2.45) is 10.7 Å². The first-order valence-corrected chi connectivity index (χ1v) is 7.35. The Labute approximate surface area is 141 Å². The molecule has 1 aromatic heterocycles. The van der Waals surface area contributed by atoms with E-state index in [-0.39, 0.29) is 17.5 Å². The lowest BCUT2D eigenvalue weighted by atomic mass is 10.3. The van der Waals surface area contributed by atoms with Gasteiger partial charge in [-0.05, 0) is 24.3 Å². The molecule has 25 heavy (non-hydrogen) atoms. The Morgan fingerprint density at radius 2 is 1.80 bits per heavy atom. The van der Waals surface area contributed by atoms with E-state index in [4.69, 9.17) is 5.73 Å². The number of benzene rings is 1. The minimum Gasteiger partial charge on any atom is -0.406 e. The Hall–Kier alpha value is -2.50. The molecule has 1 aromatic carbocycles. The molecule has 0 unspecified atom stereocenters. The highest BCUT2D eigenvalue weighted by Gasteiger charge is 2.33. The van der Waals surface area contributed by atoms with Gasteiger partial charge in [-0.15, -0.1) is 24.5 Å². The van der Waals surface area contributed by atoms with Crippen LogP contribution in [0.15, 0.2) is 34.6 Å². The van der Waals surface area contributed by atoms with Gasteiger partial charge in [-0.1, -0.05) is 0 Å². The summed E-state index contributed by atoms with van der Waals surface area (Å²) in [6.07, 6.45) is -9.32. The largest absolute Gasteiger partial charge is 0.573 e. The van der Waals surface area contributed by atoms with E-state index in [1.807, 2.05) is 0 Å². The summed E-state index contributed by atoms with van der Waals surface area (Å²) in [6, 6.07) is 4.68. The Bertz CT molecular complexity index is 738. The number of halogens is 6. The first-order valence-electron chi connectivity index (χ1n) is 6.47. The van der Waals surface area contributed by atoms with Gasteiger partial charge in [0.1, 0.15) is 10.8 Å². The molecule has 2 aromatic rings. The summed E-state index contributed by atoms with van der Waals surface area (Å²) in [5.74, 6) is -0.538. The molecular weight excluding hydrogens is 374 g/mol. The third-order valence-electron chi connectivity index (χ3n) is 2.59. The van der Waals surface area contributed by atoms with E-state index in [0.717, 1.165) is 28.8 Å². The van der Waals surface area contributed by atoms with Crippen molar-refractivity contribution in [2.75, 3.05) is 5.32 Å². The molecule has 0 atom stereocenters. The van der Waals surface area contributed by atoms with E-state index in [0.29, 0.717) is 5.69 Å². The van der Waals surface area contributed by atoms with Crippen LogP contribution in [-0.4, -0.2) is 17.3 Å². The smallest absolute Gasteiger partial charge is 0.406 e. The van der Waals surface area contributed by atoms with Crippen molar-refractivity contribution in [1.29, 1.82) is 0 Å². The fraction of sp³-hybridized carbons (Fsp3) is 0.231. The second-order valence-electron chi connectivity index (χ2n) is 4.52. The highest BCUT2D eigenvalue weighted by molar-refractivity contribution is 7.09. The summed E-state index contributed by atoms with van der Waals surface area (Å²) in [4.78, 5) is 7.21. The number of nitrogens with two attached hydrogens (primary N) is 1. The van der Waals surface area contributed by atoms with Crippen molar-refractivity contribution in [3.8, 4) is 5.75 Å². The zero-order valence-corrected chi connectivity index (χ0v) is 13.0. The molecule has 0 saturated heterocycles. The Balaban J connectivity index is 1.94. The molecule has 0 bridgehead atoms. The van der Waals surface area contributed by atoms with Crippen molar-refractivity contribution in [3.05, 3.63) is 40.3 Å². The fourth-order valence-corrected chi connectivity index (χ4v) is 2.32. The first kappa shape index (κ1) is 18.8. The lowest BCUT2D eigenvalue weighted by Gasteiger charge is -2.10. The highest BCUT2D eigenvalue weighted by atomic mass is 32.1. The van der Waals surface area contributed by atoms with Gasteiger partial charge in [-0.2, -0.15) is 13.2 Å². The van der Waals surface area contributed by atoms with Crippen molar-refractivity contribution in [2.45, 2.75) is 19.1 Å². The molecule has 0 fully saturated rings. The first-order chi connectivity index (χ1) is 11.5. The molecule has 0 amide bonds. The summed E-state index contributed by atoms with van der Waals surface area (Å²) in [7, 11) is 0. The van der Waals surface area contributed by atoms with Gasteiger partial charge in [0.2, 0.25) is 0 Å². The van der Waals surface area contributed by atoms with Crippen LogP contribution >= 0.6 is 11.3 Å². The molecule has 0 saturated carbocycles. The van der Waals surface area contributed by atoms with E-state index >= 15 is 0 Å². The van der Waals surface area contributed by atoms with Crippen LogP contribution in [0.3, 0.4) is 0 Å². The summed E-state index contributed by atoms with van der Waals surface area (Å²) >= 11 is 0.787. The number of guanidine groups is 1. The molecule has 0 radical (unpaired) electrons. The van der Waals surface area contributed by atoms with Crippen molar-refractivity contribution < 1.29 is 31.1 Å². The zero-order valence-electron chi connectivity index (χ0n) is 12.1. The number of anilines is 1. The number of nitrogens with zero attached hydrogens (tertiary/aromatic N) is 2. The Morgan fingerprint density at radius 3 is 2.32 bits per heavy atom. The lowest BCUT2D eigenvalue weighted by Crippen LogP contribution is -2.22. The molecule has 12 heteroatoms. The monoisotopic (exact) mass is 384 g/mol. The molecule has 0 aliphatic carbocycles. The van der Waals surface area contributed by atoms with Gasteiger partial charge in [0.05, 0.1) is 6.54 Å². The third kappa shape index (κ3) is 6.14. The standard InChI is InChI=1S/C13H10F6N4OS/c14-12(15,16)9-6-25-10(23-9)5-21-11(20)22-7-1-3-8(4-2-7)24-13(17,18)19/h1-4,6H,5H2,(H3,20,21,22). The van der Waals surface area contributed by atoms with Gasteiger partial charge in [-0.25, -0.2) is 9.98 Å². The van der Waals surface area contributed by atoms with Gasteiger partial charge in [0.15, 0.2) is 11.7 Å². The zero-order chi connectivity index (χ0) is 18.7. The number of aliphatic imine (C=N–C) groups is 1. The molecule has 0 spiro atoms. The van der Waals surface area contributed by atoms with E-state index in [1.165, 1.54) is 12.1 Å². The molecule has 0 aliphatic heterocycles. The van der Waals surface area contributed by atoms with E-state index in [2.05, 4.69) is 20.0 Å². The summed E-state index contributed by atoms with van der Waals surface area (Å²) in [6.45, 7) is -0.172. The Kier molecular flexibility index (Phi) is 5.40. The lowest BCUT2D eigenvalue weighted by molar-refractivity contribution is -0.274. The molecule has 5 nitrogen and oxygen atoms in total. The number of ether oxygens (including phenoxy) is 1. The van der Waals surface area contributed by atoms with Crippen LogP contribution in [0, 0.1) is 0 Å². The second kappa shape index (κ2) is 7.17. The van der Waals surface area contributed by atoms with E-state index in [9.17, 15) is 26.3 Å². The van der Waals surface area contributed by atoms with Gasteiger partial charge < -0.3 is 15.8 Å². The van der Waals surface area contributed by atoms with Crippen molar-refractivity contribution >= 4 is 23.0 Å². The van der Waals surface area contributed by atoms with Crippen molar-refractivity contribution in [1.82, 2.24) is 4.98 Å². The molecule has 1 heterocycles. The van der Waals surface area contributed by atoms with Crippen LogP contribution in [-0.2, 0) is 12.7 Å². The van der Waals surface area contributed by atoms with E-state index in [1.54, 1.807) is 0 Å². The summed E-state index contributed by atoms with van der Waals surface area (Å²) in [5, 5.41) is 3.57. The SMILES string of the molecule is NC(=NCc1nc(C(F)(F)F)cs1)Nc1ccc(OC(F)(F)F)cc1. The van der Waals surface area contributed by atoms with Crippen LogP contribution < -0.4 is 15.8 Å². The maximum atomic E-state index is 12.4. The number of alkyl halides is 6. The molecular formula is C13H10F6N4OS. The van der Waals surface area contributed by atoms with Crippen LogP contribution in [0.1, 0.15) is 10.7 Å². The van der Waals surface area contributed by atoms with Gasteiger partial charge in [-0.3, -0.25) is 0 Å². The maximum absolute atomic E-state index is 12.4. The second-order valence-corrected chi connectivity index (χ2v) is 5.47. The van der Waals surface area contributed by atoms with Crippen LogP contribution in [0.5, 0.6) is 5.75 Å². The molecule has 3 N–H and O–H groups in total. The normalized spacial score (nSPS) is 13.0. The Morgan fingerprint density at radius 1 is 1.16 bits per heavy atom. The molecule has 136 valence electrons. The van der Waals surface area contributed by atoms with Crippen molar-refractivity contribution in [3.63, 3.8) is 0 Å². The predicted molar refractivity (Wildman–Crippen MR) is 79.2 cm³/mol. The van der Waals surface area contributed by atoms with Crippen LogP contribution in [0.4, 0.5) is 32.0 Å². The van der Waals surface area contributed by atoms with Crippen LogP contribution in [0.25, 0.3) is 0 Å². The number of rotatable bonds is 4. The number of hydrogen-bond donors (Lipinski definition) is 2. The average molecular weight is 384 g/mol. The topological polar surface area (TPSA) is 72.5 Å². The summed E-state index contributed by atoms with van der Waals surface area (Å²) in [5.41, 5.74) is 4.89. The quantitative estimate of drug-likeness (QED) is 0.475. The minimum atomic E-state index is -4.79. The van der Waals surface area contributed by atoms with Gasteiger partial charge in [0.25, 0.3) is 0 Å². The predicted octanol–water partition coefficient (Wildman–Crippen LogP) is 3.99. The van der Waals surface area contributed by atoms with Crippen LogP contribution in [0.2, 0.25) is 0 Å². The van der Waals surface area contributed by atoms with Gasteiger partial charge in [0, 0.05) is 11.1 Å². The maximum Gasteiger partial charge on any atom is 0.573 e. The molecule has 0 aliphatic rings. The van der Waals surface area contributed by atoms with Gasteiger partial charge >= 0.3 is 12.5 Å². The summed E-state index contributed by atoms with van der Waals surface area (Å²) < 4.78 is 77.1. The minimum absolute atomic E-state index is 0.117. The average Bonchev–Trinajstić information content (AvgIpc) is 2.95. The fourth-order valence-electron chi connectivity index (χ4n) is 1.59. The number of hydrogen-bond acceptors (Lipinski definition) is 4. The number of aromatic nitrogens is 1. The van der Waals surface area contributed by atoms with E-state index < -0.39 is 24.0 Å². The molecule has 2 rings (SSSR count). The number of nitrogens with one attached hydrogen (secondary N) is 1. The third-order valence-corrected chi connectivity index (χ3v) is 3.42. The highest BCUT2D eigenvalue weighted by Crippen LogP contribution is 2.30.